The molecule has 0 fully saturated rings. The van der Waals surface area contributed by atoms with Gasteiger partial charge in [-0.15, -0.1) is 0 Å². The van der Waals surface area contributed by atoms with Crippen LogP contribution in [-0.2, 0) is 0 Å². The molecule has 0 aliphatic carbocycles. The van der Waals surface area contributed by atoms with Gasteiger partial charge in [0.25, 0.3) is 0 Å². The minimum absolute atomic E-state index is 0.203. The summed E-state index contributed by atoms with van der Waals surface area (Å²) in [6.07, 6.45) is 0. The summed E-state index contributed by atoms with van der Waals surface area (Å²) in [4.78, 5) is 0. The molecule has 1 aromatic heterocycles. The fourth-order valence-corrected chi connectivity index (χ4v) is 2.81. The van der Waals surface area contributed by atoms with Gasteiger partial charge in [-0.25, -0.2) is 4.39 Å². The van der Waals surface area contributed by atoms with Gasteiger partial charge in [-0.05, 0) is 30.3 Å². The van der Waals surface area contributed by atoms with Crippen molar-refractivity contribution in [3.8, 4) is 22.5 Å². The number of benzene rings is 2. The van der Waals surface area contributed by atoms with E-state index in [9.17, 15) is 4.39 Å². The van der Waals surface area contributed by atoms with Crippen LogP contribution in [0.15, 0.2) is 51.5 Å². The molecule has 2 aromatic carbocycles. The predicted octanol–water partition coefficient (Wildman–Crippen LogP) is 5.15. The number of nitrogens with two attached hydrogens (primary N) is 1. The lowest BCUT2D eigenvalue weighted by Gasteiger charge is -2.06. The summed E-state index contributed by atoms with van der Waals surface area (Å²) in [6.45, 7) is 0. The molecule has 6 heteroatoms. The summed E-state index contributed by atoms with van der Waals surface area (Å²) in [5, 5.41) is 4.05. The van der Waals surface area contributed by atoms with E-state index in [-0.39, 0.29) is 10.8 Å². The van der Waals surface area contributed by atoms with Crippen LogP contribution in [0.25, 0.3) is 22.5 Å². The maximum absolute atomic E-state index is 13.2. The van der Waals surface area contributed by atoms with Crippen LogP contribution in [0.2, 0.25) is 5.02 Å². The molecule has 0 amide bonds. The van der Waals surface area contributed by atoms with E-state index in [1.807, 2.05) is 24.3 Å². The van der Waals surface area contributed by atoms with Crippen molar-refractivity contribution in [2.24, 2.45) is 0 Å². The van der Waals surface area contributed by atoms with E-state index in [2.05, 4.69) is 21.1 Å². The molecule has 1 heterocycles. The van der Waals surface area contributed by atoms with Crippen LogP contribution in [0.3, 0.4) is 0 Å². The lowest BCUT2D eigenvalue weighted by Crippen LogP contribution is -1.90. The van der Waals surface area contributed by atoms with Gasteiger partial charge in [0.2, 0.25) is 0 Å². The fourth-order valence-electron chi connectivity index (χ4n) is 2.08. The predicted molar refractivity (Wildman–Crippen MR) is 84.5 cm³/mol. The van der Waals surface area contributed by atoms with Gasteiger partial charge in [-0.3, -0.25) is 0 Å². The fraction of sp³-hybridized carbons (Fsp3) is 0. The third-order valence-corrected chi connectivity index (χ3v) is 4.04. The van der Waals surface area contributed by atoms with E-state index in [1.165, 1.54) is 12.1 Å². The average molecular weight is 368 g/mol. The van der Waals surface area contributed by atoms with Gasteiger partial charge >= 0.3 is 0 Å². The van der Waals surface area contributed by atoms with E-state index in [0.717, 1.165) is 10.0 Å². The first-order valence-electron chi connectivity index (χ1n) is 6.03. The summed E-state index contributed by atoms with van der Waals surface area (Å²) in [7, 11) is 0. The maximum atomic E-state index is 13.2. The first-order chi connectivity index (χ1) is 10.1. The van der Waals surface area contributed by atoms with Crippen molar-refractivity contribution in [1.29, 1.82) is 0 Å². The Bertz CT molecular complexity index is 819. The van der Waals surface area contributed by atoms with Crippen LogP contribution in [0, 0.1) is 5.82 Å². The molecule has 0 radical (unpaired) electrons. The Labute approximate surface area is 133 Å². The molecule has 0 unspecified atom stereocenters. The van der Waals surface area contributed by atoms with Crippen LogP contribution in [-0.4, -0.2) is 5.16 Å². The van der Waals surface area contributed by atoms with E-state index >= 15 is 0 Å². The van der Waals surface area contributed by atoms with Crippen LogP contribution >= 0.6 is 27.5 Å². The quantitative estimate of drug-likeness (QED) is 0.682. The molecule has 0 atom stereocenters. The summed E-state index contributed by atoms with van der Waals surface area (Å²) in [5.41, 5.74) is 7.80. The Morgan fingerprint density at radius 3 is 2.62 bits per heavy atom. The van der Waals surface area contributed by atoms with Gasteiger partial charge in [0.15, 0.2) is 11.6 Å². The Hall–Kier alpha value is -1.85. The molecule has 3 nitrogen and oxygen atoms in total. The molecular formula is C15H9BrClFN2O. The van der Waals surface area contributed by atoms with Gasteiger partial charge in [-0.2, -0.15) is 0 Å². The Kier molecular flexibility index (Phi) is 3.69. The normalized spacial score (nSPS) is 10.8. The number of anilines is 1. The van der Waals surface area contributed by atoms with Crippen molar-refractivity contribution in [2.75, 3.05) is 5.73 Å². The van der Waals surface area contributed by atoms with E-state index < -0.39 is 5.82 Å². The van der Waals surface area contributed by atoms with Crippen molar-refractivity contribution in [1.82, 2.24) is 5.16 Å². The number of halogens is 3. The topological polar surface area (TPSA) is 52.0 Å². The monoisotopic (exact) mass is 366 g/mol. The molecular weight excluding hydrogens is 359 g/mol. The van der Waals surface area contributed by atoms with Crippen molar-refractivity contribution in [3.63, 3.8) is 0 Å². The van der Waals surface area contributed by atoms with Crippen molar-refractivity contribution >= 4 is 33.3 Å². The SMILES string of the molecule is Nc1noc(-c2ccccc2Br)c1-c1ccc(F)cc1Cl. The smallest absolute Gasteiger partial charge is 0.178 e. The van der Waals surface area contributed by atoms with Crippen LogP contribution < -0.4 is 5.73 Å². The number of aromatic nitrogens is 1. The molecule has 0 saturated heterocycles. The van der Waals surface area contributed by atoms with Gasteiger partial charge in [-0.1, -0.05) is 44.8 Å². The number of hydrogen-bond acceptors (Lipinski definition) is 3. The van der Waals surface area contributed by atoms with Crippen molar-refractivity contribution in [2.45, 2.75) is 0 Å². The molecule has 2 N–H and O–H groups in total. The first-order valence-corrected chi connectivity index (χ1v) is 7.20. The second kappa shape index (κ2) is 5.50. The minimum atomic E-state index is -0.416. The highest BCUT2D eigenvalue weighted by Crippen LogP contribution is 2.41. The highest BCUT2D eigenvalue weighted by Gasteiger charge is 2.21. The summed E-state index contributed by atoms with van der Waals surface area (Å²) in [5.74, 6) is 0.268. The van der Waals surface area contributed by atoms with E-state index in [0.29, 0.717) is 16.9 Å². The zero-order valence-electron chi connectivity index (χ0n) is 10.6. The molecule has 0 spiro atoms. The molecule has 106 valence electrons. The summed E-state index contributed by atoms with van der Waals surface area (Å²) >= 11 is 9.57. The number of nitrogens with zero attached hydrogens (tertiary/aromatic N) is 1. The molecule has 3 rings (SSSR count). The Balaban J connectivity index is 2.25. The standard InChI is InChI=1S/C15H9BrClFN2O/c16-11-4-2-1-3-9(11)14-13(15(19)20-21-14)10-6-5-8(18)7-12(10)17/h1-7H,(H2,19,20). The van der Waals surface area contributed by atoms with Crippen LogP contribution in [0.1, 0.15) is 0 Å². The van der Waals surface area contributed by atoms with Crippen LogP contribution in [0.4, 0.5) is 10.2 Å². The third kappa shape index (κ3) is 2.54. The zero-order chi connectivity index (χ0) is 15.0. The maximum Gasteiger partial charge on any atom is 0.178 e. The number of hydrogen-bond donors (Lipinski definition) is 1. The highest BCUT2D eigenvalue weighted by atomic mass is 79.9. The van der Waals surface area contributed by atoms with Crippen molar-refractivity contribution in [3.05, 3.63) is 57.8 Å². The second-order valence-corrected chi connectivity index (χ2v) is 5.64. The van der Waals surface area contributed by atoms with Gasteiger partial charge < -0.3 is 10.3 Å². The molecule has 0 aliphatic rings. The molecule has 0 bridgehead atoms. The van der Waals surface area contributed by atoms with Crippen LogP contribution in [0.5, 0.6) is 0 Å². The Morgan fingerprint density at radius 1 is 1.14 bits per heavy atom. The Morgan fingerprint density at radius 2 is 1.90 bits per heavy atom. The number of rotatable bonds is 2. The second-order valence-electron chi connectivity index (χ2n) is 4.38. The van der Waals surface area contributed by atoms with Gasteiger partial charge in [0.1, 0.15) is 5.82 Å². The minimum Gasteiger partial charge on any atom is -0.380 e. The summed E-state index contributed by atoms with van der Waals surface area (Å²) in [6, 6.07) is 11.6. The van der Waals surface area contributed by atoms with E-state index in [4.69, 9.17) is 21.9 Å². The summed E-state index contributed by atoms with van der Waals surface area (Å²) < 4.78 is 19.4. The number of nitrogen functional groups attached to an aromatic ring is 1. The largest absolute Gasteiger partial charge is 0.380 e. The van der Waals surface area contributed by atoms with Gasteiger partial charge in [0, 0.05) is 15.6 Å². The average Bonchev–Trinajstić information content (AvgIpc) is 2.81. The third-order valence-electron chi connectivity index (χ3n) is 3.04. The lowest BCUT2D eigenvalue weighted by atomic mass is 10.0. The van der Waals surface area contributed by atoms with Crippen molar-refractivity contribution < 1.29 is 8.91 Å². The molecule has 0 aliphatic heterocycles. The first kappa shape index (κ1) is 14.1. The zero-order valence-corrected chi connectivity index (χ0v) is 13.0. The highest BCUT2D eigenvalue weighted by molar-refractivity contribution is 9.10. The molecule has 21 heavy (non-hydrogen) atoms. The van der Waals surface area contributed by atoms with E-state index in [1.54, 1.807) is 6.07 Å². The lowest BCUT2D eigenvalue weighted by molar-refractivity contribution is 0.436. The van der Waals surface area contributed by atoms with Gasteiger partial charge in [0.05, 0.1) is 10.6 Å². The molecule has 0 saturated carbocycles. The molecule has 3 aromatic rings.